The Kier molecular flexibility index (Phi) is 5.68. The first-order valence-electron chi connectivity index (χ1n) is 8.89. The standard InChI is InChI=1S/C19H25N5O2/c1-23(2)18(25)12-14-5-7-15(8-6-14)21-19(26)17-9-11-24(22-17)16-4-3-10-20-13-16/h5-9,11,16,20H,3-4,10,12-13H2,1-2H3,(H,21,26). The normalized spacial score (nSPS) is 16.9. The Morgan fingerprint density at radius 2 is 2.04 bits per heavy atom. The third-order valence-corrected chi connectivity index (χ3v) is 4.55. The smallest absolute Gasteiger partial charge is 0.276 e. The van der Waals surface area contributed by atoms with Gasteiger partial charge in [-0.1, -0.05) is 12.1 Å². The minimum atomic E-state index is -0.232. The summed E-state index contributed by atoms with van der Waals surface area (Å²) in [6.45, 7) is 1.93. The van der Waals surface area contributed by atoms with Crippen molar-refractivity contribution in [3.05, 3.63) is 47.8 Å². The Morgan fingerprint density at radius 3 is 2.69 bits per heavy atom. The highest BCUT2D eigenvalue weighted by molar-refractivity contribution is 6.02. The number of carbonyl (C=O) groups is 2. The van der Waals surface area contributed by atoms with Crippen LogP contribution in [-0.4, -0.2) is 53.7 Å². The number of piperidine rings is 1. The molecule has 138 valence electrons. The number of rotatable bonds is 5. The molecule has 7 heteroatoms. The van der Waals surface area contributed by atoms with Crippen LogP contribution in [0.1, 0.15) is 34.9 Å². The van der Waals surface area contributed by atoms with Crippen LogP contribution in [-0.2, 0) is 11.2 Å². The number of nitrogens with one attached hydrogen (secondary N) is 2. The quantitative estimate of drug-likeness (QED) is 0.855. The number of benzene rings is 1. The van der Waals surface area contributed by atoms with Gasteiger partial charge in [-0.2, -0.15) is 5.10 Å². The lowest BCUT2D eigenvalue weighted by Gasteiger charge is -2.22. The van der Waals surface area contributed by atoms with Gasteiger partial charge in [-0.05, 0) is 43.1 Å². The molecular weight excluding hydrogens is 330 g/mol. The van der Waals surface area contributed by atoms with E-state index in [1.54, 1.807) is 37.2 Å². The summed E-state index contributed by atoms with van der Waals surface area (Å²) in [4.78, 5) is 25.7. The number of amides is 2. The highest BCUT2D eigenvalue weighted by atomic mass is 16.2. The maximum atomic E-state index is 12.4. The Bertz CT molecular complexity index is 760. The van der Waals surface area contributed by atoms with Crippen molar-refractivity contribution in [2.45, 2.75) is 25.3 Å². The molecule has 7 nitrogen and oxygen atoms in total. The van der Waals surface area contributed by atoms with Crippen LogP contribution in [0.2, 0.25) is 0 Å². The fraction of sp³-hybridized carbons (Fsp3) is 0.421. The summed E-state index contributed by atoms with van der Waals surface area (Å²) < 4.78 is 1.87. The first kappa shape index (κ1) is 18.1. The van der Waals surface area contributed by atoms with Gasteiger partial charge in [0.15, 0.2) is 5.69 Å². The van der Waals surface area contributed by atoms with Crippen LogP contribution in [0.3, 0.4) is 0 Å². The Balaban J connectivity index is 1.59. The van der Waals surface area contributed by atoms with Crippen molar-refractivity contribution in [3.8, 4) is 0 Å². The lowest BCUT2D eigenvalue weighted by molar-refractivity contribution is -0.127. The molecular formula is C19H25N5O2. The van der Waals surface area contributed by atoms with E-state index < -0.39 is 0 Å². The van der Waals surface area contributed by atoms with E-state index in [2.05, 4.69) is 15.7 Å². The molecule has 0 saturated carbocycles. The van der Waals surface area contributed by atoms with Crippen LogP contribution in [0, 0.1) is 0 Å². The van der Waals surface area contributed by atoms with Crippen LogP contribution in [0.25, 0.3) is 0 Å². The summed E-state index contributed by atoms with van der Waals surface area (Å²) in [6.07, 6.45) is 4.40. The van der Waals surface area contributed by atoms with Gasteiger partial charge in [0.1, 0.15) is 0 Å². The number of likely N-dealkylation sites (N-methyl/N-ethyl adjacent to an activating group) is 1. The highest BCUT2D eigenvalue weighted by Crippen LogP contribution is 2.17. The van der Waals surface area contributed by atoms with Gasteiger partial charge in [-0.3, -0.25) is 14.3 Å². The van der Waals surface area contributed by atoms with Crippen LogP contribution in [0.5, 0.6) is 0 Å². The predicted molar refractivity (Wildman–Crippen MR) is 100 cm³/mol. The lowest BCUT2D eigenvalue weighted by Crippen LogP contribution is -2.32. The average Bonchev–Trinajstić information content (AvgIpc) is 3.14. The minimum absolute atomic E-state index is 0.0459. The number of nitrogens with zero attached hydrogens (tertiary/aromatic N) is 3. The largest absolute Gasteiger partial charge is 0.349 e. The summed E-state index contributed by atoms with van der Waals surface area (Å²) in [5.74, 6) is -0.186. The van der Waals surface area contributed by atoms with Crippen molar-refractivity contribution in [1.29, 1.82) is 0 Å². The summed E-state index contributed by atoms with van der Waals surface area (Å²) in [7, 11) is 3.47. The molecule has 1 aliphatic heterocycles. The minimum Gasteiger partial charge on any atom is -0.349 e. The molecule has 1 atom stereocenters. The van der Waals surface area contributed by atoms with Crippen LogP contribution >= 0.6 is 0 Å². The van der Waals surface area contributed by atoms with Crippen molar-refractivity contribution in [2.24, 2.45) is 0 Å². The molecule has 1 aliphatic rings. The fourth-order valence-electron chi connectivity index (χ4n) is 2.96. The summed E-state index contributed by atoms with van der Waals surface area (Å²) in [5, 5.41) is 10.6. The predicted octanol–water partition coefficient (Wildman–Crippen LogP) is 1.69. The van der Waals surface area contributed by atoms with Crippen LogP contribution in [0.15, 0.2) is 36.5 Å². The number of hydrogen-bond donors (Lipinski definition) is 2. The first-order valence-corrected chi connectivity index (χ1v) is 8.89. The van der Waals surface area contributed by atoms with Crippen molar-refractivity contribution in [1.82, 2.24) is 20.0 Å². The molecule has 1 saturated heterocycles. The summed E-state index contributed by atoms with van der Waals surface area (Å²) in [5.41, 5.74) is 2.00. The van der Waals surface area contributed by atoms with E-state index in [1.165, 1.54) is 0 Å². The van der Waals surface area contributed by atoms with E-state index in [4.69, 9.17) is 0 Å². The summed E-state index contributed by atoms with van der Waals surface area (Å²) in [6, 6.07) is 9.36. The zero-order valence-corrected chi connectivity index (χ0v) is 15.2. The van der Waals surface area contributed by atoms with E-state index in [0.717, 1.165) is 31.5 Å². The maximum Gasteiger partial charge on any atom is 0.276 e. The molecule has 1 aromatic carbocycles. The van der Waals surface area contributed by atoms with Gasteiger partial charge in [-0.15, -0.1) is 0 Å². The number of aromatic nitrogens is 2. The molecule has 0 radical (unpaired) electrons. The zero-order chi connectivity index (χ0) is 18.5. The summed E-state index contributed by atoms with van der Waals surface area (Å²) >= 11 is 0. The fourth-order valence-corrected chi connectivity index (χ4v) is 2.96. The molecule has 0 bridgehead atoms. The third kappa shape index (κ3) is 4.49. The van der Waals surface area contributed by atoms with Gasteiger partial charge in [-0.25, -0.2) is 0 Å². The molecule has 2 amide bonds. The molecule has 0 aliphatic carbocycles. The number of carbonyl (C=O) groups excluding carboxylic acids is 2. The monoisotopic (exact) mass is 355 g/mol. The van der Waals surface area contributed by atoms with Gasteiger partial charge in [0, 0.05) is 32.5 Å². The van der Waals surface area contributed by atoms with Crippen molar-refractivity contribution < 1.29 is 9.59 Å². The molecule has 2 heterocycles. The van der Waals surface area contributed by atoms with Gasteiger partial charge < -0.3 is 15.5 Å². The zero-order valence-electron chi connectivity index (χ0n) is 15.2. The topological polar surface area (TPSA) is 79.3 Å². The Morgan fingerprint density at radius 1 is 1.27 bits per heavy atom. The molecule has 1 unspecified atom stereocenters. The van der Waals surface area contributed by atoms with Crippen molar-refractivity contribution in [3.63, 3.8) is 0 Å². The van der Waals surface area contributed by atoms with E-state index in [9.17, 15) is 9.59 Å². The molecule has 2 aromatic rings. The Labute approximate surface area is 153 Å². The number of hydrogen-bond acceptors (Lipinski definition) is 4. The average molecular weight is 355 g/mol. The van der Waals surface area contributed by atoms with Gasteiger partial charge in [0.25, 0.3) is 5.91 Å². The van der Waals surface area contributed by atoms with E-state index in [1.807, 2.05) is 23.0 Å². The second-order valence-corrected chi connectivity index (χ2v) is 6.80. The second kappa shape index (κ2) is 8.14. The molecule has 26 heavy (non-hydrogen) atoms. The van der Waals surface area contributed by atoms with Gasteiger partial charge in [0.2, 0.25) is 5.91 Å². The van der Waals surface area contributed by atoms with Gasteiger partial charge >= 0.3 is 0 Å². The Hall–Kier alpha value is -2.67. The molecule has 2 N–H and O–H groups in total. The van der Waals surface area contributed by atoms with Crippen molar-refractivity contribution >= 4 is 17.5 Å². The SMILES string of the molecule is CN(C)C(=O)Cc1ccc(NC(=O)c2ccn(C3CCCNC3)n2)cc1. The second-order valence-electron chi connectivity index (χ2n) is 6.80. The van der Waals surface area contributed by atoms with Crippen molar-refractivity contribution in [2.75, 3.05) is 32.5 Å². The first-order chi connectivity index (χ1) is 12.5. The van der Waals surface area contributed by atoms with Crippen LogP contribution < -0.4 is 10.6 Å². The lowest BCUT2D eigenvalue weighted by atomic mass is 10.1. The van der Waals surface area contributed by atoms with E-state index in [-0.39, 0.29) is 11.8 Å². The maximum absolute atomic E-state index is 12.4. The van der Waals surface area contributed by atoms with E-state index >= 15 is 0 Å². The number of anilines is 1. The van der Waals surface area contributed by atoms with Crippen LogP contribution in [0.4, 0.5) is 5.69 Å². The molecule has 0 spiro atoms. The van der Waals surface area contributed by atoms with E-state index in [0.29, 0.717) is 23.8 Å². The van der Waals surface area contributed by atoms with Gasteiger partial charge in [0.05, 0.1) is 12.5 Å². The third-order valence-electron chi connectivity index (χ3n) is 4.55. The molecule has 1 aromatic heterocycles. The highest BCUT2D eigenvalue weighted by Gasteiger charge is 2.17. The molecule has 1 fully saturated rings. The molecule has 3 rings (SSSR count).